The van der Waals surface area contributed by atoms with E-state index in [0.29, 0.717) is 11.5 Å². The number of hydrogen-bond donors (Lipinski definition) is 2. The number of amides is 1. The average molecular weight is 309 g/mol. The topological polar surface area (TPSA) is 76.4 Å². The SMILES string of the molecule is COc1ccccc1Nc1ccc(NC(=O)c2ccco2)cn1. The van der Waals surface area contributed by atoms with Crippen LogP contribution in [0.15, 0.2) is 65.4 Å². The summed E-state index contributed by atoms with van der Waals surface area (Å²) < 4.78 is 10.3. The lowest BCUT2D eigenvalue weighted by Gasteiger charge is -2.10. The summed E-state index contributed by atoms with van der Waals surface area (Å²) in [4.78, 5) is 16.1. The molecular formula is C17H15N3O3. The lowest BCUT2D eigenvalue weighted by molar-refractivity contribution is 0.0996. The maximum atomic E-state index is 11.9. The largest absolute Gasteiger partial charge is 0.495 e. The van der Waals surface area contributed by atoms with Crippen molar-refractivity contribution in [1.82, 2.24) is 4.98 Å². The minimum absolute atomic E-state index is 0.251. The number of pyridine rings is 1. The first-order valence-electron chi connectivity index (χ1n) is 6.97. The van der Waals surface area contributed by atoms with Crippen LogP contribution in [0.1, 0.15) is 10.6 Å². The zero-order chi connectivity index (χ0) is 16.1. The van der Waals surface area contributed by atoms with E-state index in [4.69, 9.17) is 9.15 Å². The highest BCUT2D eigenvalue weighted by Gasteiger charge is 2.09. The predicted octanol–water partition coefficient (Wildman–Crippen LogP) is 3.68. The first-order valence-corrected chi connectivity index (χ1v) is 6.97. The molecule has 2 N–H and O–H groups in total. The number of ether oxygens (including phenoxy) is 1. The number of nitrogens with zero attached hydrogens (tertiary/aromatic N) is 1. The molecule has 3 aromatic rings. The Kier molecular flexibility index (Phi) is 4.24. The maximum Gasteiger partial charge on any atom is 0.291 e. The van der Waals surface area contributed by atoms with Crippen LogP contribution in [0.4, 0.5) is 17.2 Å². The molecule has 6 heteroatoms. The summed E-state index contributed by atoms with van der Waals surface area (Å²) in [7, 11) is 1.61. The molecule has 0 bridgehead atoms. The molecule has 0 fully saturated rings. The normalized spacial score (nSPS) is 10.1. The van der Waals surface area contributed by atoms with Gasteiger partial charge in [-0.15, -0.1) is 0 Å². The number of methoxy groups -OCH3 is 1. The first-order chi connectivity index (χ1) is 11.3. The van der Waals surface area contributed by atoms with Crippen LogP contribution in [-0.4, -0.2) is 18.0 Å². The van der Waals surface area contributed by atoms with Crippen molar-refractivity contribution in [3.8, 4) is 5.75 Å². The summed E-state index contributed by atoms with van der Waals surface area (Å²) in [6, 6.07) is 14.3. The summed E-state index contributed by atoms with van der Waals surface area (Å²) in [6.07, 6.45) is 3.02. The lowest BCUT2D eigenvalue weighted by atomic mass is 10.3. The fourth-order valence-electron chi connectivity index (χ4n) is 2.03. The third-order valence-corrected chi connectivity index (χ3v) is 3.14. The van der Waals surface area contributed by atoms with Crippen molar-refractivity contribution in [3.05, 3.63) is 66.8 Å². The van der Waals surface area contributed by atoms with Crippen molar-refractivity contribution < 1.29 is 13.9 Å². The molecule has 3 rings (SSSR count). The molecule has 2 heterocycles. The van der Waals surface area contributed by atoms with Crippen LogP contribution in [-0.2, 0) is 0 Å². The van der Waals surface area contributed by atoms with Gasteiger partial charge in [0.1, 0.15) is 11.6 Å². The highest BCUT2D eigenvalue weighted by molar-refractivity contribution is 6.02. The molecule has 116 valence electrons. The standard InChI is InChI=1S/C17H15N3O3/c1-22-14-6-3-2-5-13(14)20-16-9-8-12(11-18-16)19-17(21)15-7-4-10-23-15/h2-11H,1H3,(H,18,20)(H,19,21). The van der Waals surface area contributed by atoms with Gasteiger partial charge in [-0.1, -0.05) is 12.1 Å². The van der Waals surface area contributed by atoms with Crippen molar-refractivity contribution >= 4 is 23.1 Å². The van der Waals surface area contributed by atoms with Crippen molar-refractivity contribution in [2.45, 2.75) is 0 Å². The minimum atomic E-state index is -0.317. The van der Waals surface area contributed by atoms with Gasteiger partial charge in [-0.05, 0) is 36.4 Å². The highest BCUT2D eigenvalue weighted by atomic mass is 16.5. The Bertz CT molecular complexity index is 783. The van der Waals surface area contributed by atoms with E-state index in [9.17, 15) is 4.79 Å². The third kappa shape index (κ3) is 3.49. The zero-order valence-corrected chi connectivity index (χ0v) is 12.4. The van der Waals surface area contributed by atoms with Crippen LogP contribution < -0.4 is 15.4 Å². The first kappa shape index (κ1) is 14.6. The van der Waals surface area contributed by atoms with Gasteiger partial charge in [0.15, 0.2) is 5.76 Å². The fraction of sp³-hybridized carbons (Fsp3) is 0.0588. The number of furan rings is 1. The molecule has 1 aromatic carbocycles. The number of benzene rings is 1. The average Bonchev–Trinajstić information content (AvgIpc) is 3.12. The molecule has 2 aromatic heterocycles. The molecule has 6 nitrogen and oxygen atoms in total. The molecule has 23 heavy (non-hydrogen) atoms. The summed E-state index contributed by atoms with van der Waals surface area (Å²) >= 11 is 0. The summed E-state index contributed by atoms with van der Waals surface area (Å²) in [5, 5.41) is 5.87. The number of carbonyl (C=O) groups excluding carboxylic acids is 1. The Balaban J connectivity index is 1.68. The van der Waals surface area contributed by atoms with E-state index in [0.717, 1.165) is 11.4 Å². The Morgan fingerprint density at radius 3 is 2.70 bits per heavy atom. The van der Waals surface area contributed by atoms with Gasteiger partial charge in [-0.25, -0.2) is 4.98 Å². The van der Waals surface area contributed by atoms with Crippen molar-refractivity contribution in [2.75, 3.05) is 17.7 Å². The number of aromatic nitrogens is 1. The van der Waals surface area contributed by atoms with Gasteiger partial charge in [-0.3, -0.25) is 4.79 Å². The van der Waals surface area contributed by atoms with E-state index >= 15 is 0 Å². The van der Waals surface area contributed by atoms with E-state index in [2.05, 4.69) is 15.6 Å². The molecule has 0 saturated carbocycles. The highest BCUT2D eigenvalue weighted by Crippen LogP contribution is 2.26. The Hall–Kier alpha value is -3.28. The molecule has 0 spiro atoms. The Morgan fingerprint density at radius 1 is 1.13 bits per heavy atom. The minimum Gasteiger partial charge on any atom is -0.495 e. The van der Waals surface area contributed by atoms with Crippen molar-refractivity contribution in [1.29, 1.82) is 0 Å². The predicted molar refractivity (Wildman–Crippen MR) is 87.2 cm³/mol. The molecule has 0 aliphatic carbocycles. The van der Waals surface area contributed by atoms with Crippen molar-refractivity contribution in [3.63, 3.8) is 0 Å². The second-order valence-electron chi connectivity index (χ2n) is 4.69. The number of hydrogen-bond acceptors (Lipinski definition) is 5. The number of rotatable bonds is 5. The zero-order valence-electron chi connectivity index (χ0n) is 12.4. The summed E-state index contributed by atoms with van der Waals surface area (Å²) in [5.41, 5.74) is 1.40. The van der Waals surface area contributed by atoms with E-state index in [-0.39, 0.29) is 11.7 Å². The molecule has 0 aliphatic rings. The molecule has 0 radical (unpaired) electrons. The maximum absolute atomic E-state index is 11.9. The molecule has 0 atom stereocenters. The van der Waals surface area contributed by atoms with Crippen LogP contribution in [0.2, 0.25) is 0 Å². The number of carbonyl (C=O) groups is 1. The van der Waals surface area contributed by atoms with E-state index in [1.807, 2.05) is 24.3 Å². The molecule has 0 unspecified atom stereocenters. The summed E-state index contributed by atoms with van der Waals surface area (Å²) in [5.74, 6) is 1.30. The van der Waals surface area contributed by atoms with Crippen LogP contribution >= 0.6 is 0 Å². The van der Waals surface area contributed by atoms with E-state index < -0.39 is 0 Å². The van der Waals surface area contributed by atoms with Crippen LogP contribution in [0, 0.1) is 0 Å². The molecule has 0 aliphatic heterocycles. The van der Waals surface area contributed by atoms with Gasteiger partial charge in [0.25, 0.3) is 5.91 Å². The van der Waals surface area contributed by atoms with Crippen LogP contribution in [0.5, 0.6) is 5.75 Å². The van der Waals surface area contributed by atoms with Crippen LogP contribution in [0.25, 0.3) is 0 Å². The van der Waals surface area contributed by atoms with E-state index in [1.165, 1.54) is 6.26 Å². The summed E-state index contributed by atoms with van der Waals surface area (Å²) in [6.45, 7) is 0. The molecule has 0 saturated heterocycles. The second-order valence-corrected chi connectivity index (χ2v) is 4.69. The van der Waals surface area contributed by atoms with Gasteiger partial charge in [0, 0.05) is 0 Å². The number of nitrogens with one attached hydrogen (secondary N) is 2. The molecule has 1 amide bonds. The van der Waals surface area contributed by atoms with Gasteiger partial charge in [-0.2, -0.15) is 0 Å². The van der Waals surface area contributed by atoms with Gasteiger partial charge in [0.05, 0.1) is 30.9 Å². The van der Waals surface area contributed by atoms with Crippen LogP contribution in [0.3, 0.4) is 0 Å². The number of anilines is 3. The quantitative estimate of drug-likeness (QED) is 0.752. The second kappa shape index (κ2) is 6.65. The van der Waals surface area contributed by atoms with Gasteiger partial charge < -0.3 is 19.8 Å². The monoisotopic (exact) mass is 309 g/mol. The fourth-order valence-corrected chi connectivity index (χ4v) is 2.03. The van der Waals surface area contributed by atoms with Gasteiger partial charge in [0.2, 0.25) is 0 Å². The third-order valence-electron chi connectivity index (χ3n) is 3.14. The van der Waals surface area contributed by atoms with E-state index in [1.54, 1.807) is 37.6 Å². The Labute approximate surface area is 133 Å². The lowest BCUT2D eigenvalue weighted by Crippen LogP contribution is -2.11. The molecular weight excluding hydrogens is 294 g/mol. The smallest absolute Gasteiger partial charge is 0.291 e. The number of para-hydroxylation sites is 2. The Morgan fingerprint density at radius 2 is 2.00 bits per heavy atom. The van der Waals surface area contributed by atoms with Crippen molar-refractivity contribution in [2.24, 2.45) is 0 Å². The van der Waals surface area contributed by atoms with Gasteiger partial charge >= 0.3 is 0 Å².